The molecular formula is C14H12FN3S. The van der Waals surface area contributed by atoms with E-state index >= 15 is 0 Å². The van der Waals surface area contributed by atoms with Gasteiger partial charge in [0.2, 0.25) is 0 Å². The molecule has 3 nitrogen and oxygen atoms in total. The van der Waals surface area contributed by atoms with Gasteiger partial charge in [-0.05, 0) is 24.3 Å². The lowest BCUT2D eigenvalue weighted by Gasteiger charge is -2.03. The molecule has 0 aliphatic heterocycles. The Hall–Kier alpha value is -2.14. The number of nitrogen functional groups attached to an aromatic ring is 1. The number of fused-ring (bicyclic) bond motifs is 1. The van der Waals surface area contributed by atoms with Crippen LogP contribution in [0.4, 0.5) is 15.2 Å². The van der Waals surface area contributed by atoms with E-state index in [4.69, 9.17) is 5.73 Å². The van der Waals surface area contributed by atoms with Gasteiger partial charge in [-0.3, -0.25) is 0 Å². The molecule has 0 saturated carbocycles. The summed E-state index contributed by atoms with van der Waals surface area (Å²) >= 11 is 1.51. The van der Waals surface area contributed by atoms with Crippen LogP contribution in [0.25, 0.3) is 10.2 Å². The van der Waals surface area contributed by atoms with Gasteiger partial charge in [0.05, 0.1) is 10.2 Å². The molecule has 96 valence electrons. The molecule has 3 rings (SSSR count). The van der Waals surface area contributed by atoms with Crippen molar-refractivity contribution in [3.05, 3.63) is 53.8 Å². The Morgan fingerprint density at radius 1 is 1.21 bits per heavy atom. The molecule has 0 amide bonds. The van der Waals surface area contributed by atoms with Gasteiger partial charge in [0.25, 0.3) is 0 Å². The van der Waals surface area contributed by atoms with E-state index in [1.807, 2.05) is 24.3 Å². The van der Waals surface area contributed by atoms with Gasteiger partial charge >= 0.3 is 0 Å². The minimum atomic E-state index is -0.208. The quantitative estimate of drug-likeness (QED) is 0.716. The van der Waals surface area contributed by atoms with E-state index in [1.165, 1.54) is 17.4 Å². The van der Waals surface area contributed by atoms with Gasteiger partial charge in [0.15, 0.2) is 5.13 Å². The minimum Gasteiger partial charge on any atom is -0.399 e. The number of thiazole rings is 1. The second-order valence-electron chi connectivity index (χ2n) is 4.19. The predicted molar refractivity (Wildman–Crippen MR) is 77.8 cm³/mol. The van der Waals surface area contributed by atoms with Crippen molar-refractivity contribution >= 4 is 32.4 Å². The molecule has 0 unspecified atom stereocenters. The van der Waals surface area contributed by atoms with Gasteiger partial charge in [0.1, 0.15) is 5.82 Å². The molecule has 5 heteroatoms. The van der Waals surface area contributed by atoms with Gasteiger partial charge in [-0.1, -0.05) is 29.5 Å². The number of hydrogen-bond donors (Lipinski definition) is 2. The van der Waals surface area contributed by atoms with Crippen LogP contribution in [0.15, 0.2) is 42.5 Å². The molecule has 0 aliphatic carbocycles. The van der Waals surface area contributed by atoms with Crippen molar-refractivity contribution in [2.45, 2.75) is 6.54 Å². The fourth-order valence-corrected chi connectivity index (χ4v) is 2.74. The monoisotopic (exact) mass is 273 g/mol. The summed E-state index contributed by atoms with van der Waals surface area (Å²) in [5.74, 6) is -0.208. The summed E-state index contributed by atoms with van der Waals surface area (Å²) in [5, 5.41) is 3.90. The third-order valence-electron chi connectivity index (χ3n) is 2.80. The fraction of sp³-hybridized carbons (Fsp3) is 0.0714. The third kappa shape index (κ3) is 2.51. The van der Waals surface area contributed by atoms with Gasteiger partial charge in [0, 0.05) is 17.8 Å². The first-order valence-electron chi connectivity index (χ1n) is 5.86. The molecule has 1 aromatic heterocycles. The summed E-state index contributed by atoms with van der Waals surface area (Å²) in [7, 11) is 0. The number of nitrogens with zero attached hydrogens (tertiary/aromatic N) is 1. The maximum Gasteiger partial charge on any atom is 0.184 e. The summed E-state index contributed by atoms with van der Waals surface area (Å²) in [6.45, 7) is 0.419. The zero-order valence-electron chi connectivity index (χ0n) is 10.1. The molecule has 0 atom stereocenters. The molecule has 19 heavy (non-hydrogen) atoms. The Kier molecular flexibility index (Phi) is 3.05. The number of benzene rings is 2. The van der Waals surface area contributed by atoms with E-state index in [-0.39, 0.29) is 5.82 Å². The lowest BCUT2D eigenvalue weighted by molar-refractivity contribution is 0.613. The minimum absolute atomic E-state index is 0.208. The number of nitrogens with one attached hydrogen (secondary N) is 1. The van der Waals surface area contributed by atoms with E-state index in [0.717, 1.165) is 21.0 Å². The zero-order chi connectivity index (χ0) is 13.2. The van der Waals surface area contributed by atoms with Crippen molar-refractivity contribution in [3.8, 4) is 0 Å². The molecule has 2 aromatic carbocycles. The van der Waals surface area contributed by atoms with Crippen molar-refractivity contribution in [1.29, 1.82) is 0 Å². The number of aromatic nitrogens is 1. The van der Waals surface area contributed by atoms with Gasteiger partial charge in [-0.2, -0.15) is 0 Å². The molecule has 0 fully saturated rings. The topological polar surface area (TPSA) is 50.9 Å². The first-order valence-corrected chi connectivity index (χ1v) is 6.67. The van der Waals surface area contributed by atoms with E-state index < -0.39 is 0 Å². The van der Waals surface area contributed by atoms with Crippen LogP contribution in [0, 0.1) is 5.82 Å². The first kappa shape index (κ1) is 11.9. The Labute approximate surface area is 113 Å². The molecule has 3 aromatic rings. The lowest BCUT2D eigenvalue weighted by atomic mass is 10.2. The largest absolute Gasteiger partial charge is 0.399 e. The van der Waals surface area contributed by atoms with Gasteiger partial charge in [-0.25, -0.2) is 9.37 Å². The maximum absolute atomic E-state index is 13.5. The molecule has 0 spiro atoms. The summed E-state index contributed by atoms with van der Waals surface area (Å²) in [6.07, 6.45) is 0. The molecule has 0 saturated heterocycles. The van der Waals surface area contributed by atoms with Crippen LogP contribution in [0.2, 0.25) is 0 Å². The predicted octanol–water partition coefficient (Wildman–Crippen LogP) is 3.63. The average molecular weight is 273 g/mol. The average Bonchev–Trinajstić information content (AvgIpc) is 2.79. The van der Waals surface area contributed by atoms with Crippen LogP contribution in [-0.2, 0) is 6.54 Å². The van der Waals surface area contributed by atoms with Crippen molar-refractivity contribution in [1.82, 2.24) is 4.98 Å². The molecular weight excluding hydrogens is 261 g/mol. The van der Waals surface area contributed by atoms with Crippen LogP contribution < -0.4 is 11.1 Å². The highest BCUT2D eigenvalue weighted by molar-refractivity contribution is 7.22. The second-order valence-corrected chi connectivity index (χ2v) is 5.22. The van der Waals surface area contributed by atoms with E-state index in [0.29, 0.717) is 12.1 Å². The van der Waals surface area contributed by atoms with Crippen molar-refractivity contribution in [2.75, 3.05) is 11.1 Å². The van der Waals surface area contributed by atoms with Crippen molar-refractivity contribution in [2.24, 2.45) is 0 Å². The van der Waals surface area contributed by atoms with Crippen LogP contribution in [0.3, 0.4) is 0 Å². The van der Waals surface area contributed by atoms with Crippen LogP contribution in [-0.4, -0.2) is 4.98 Å². The van der Waals surface area contributed by atoms with E-state index in [2.05, 4.69) is 10.3 Å². The molecule has 0 radical (unpaired) electrons. The first-order chi connectivity index (χ1) is 9.22. The summed E-state index contributed by atoms with van der Waals surface area (Å²) in [4.78, 5) is 4.43. The van der Waals surface area contributed by atoms with Crippen LogP contribution >= 0.6 is 11.3 Å². The Morgan fingerprint density at radius 2 is 2.05 bits per heavy atom. The Morgan fingerprint density at radius 3 is 2.89 bits per heavy atom. The van der Waals surface area contributed by atoms with Gasteiger partial charge in [-0.15, -0.1) is 0 Å². The maximum atomic E-state index is 13.5. The number of anilines is 2. The third-order valence-corrected chi connectivity index (χ3v) is 3.78. The van der Waals surface area contributed by atoms with Crippen LogP contribution in [0.1, 0.15) is 5.56 Å². The standard InChI is InChI=1S/C14H12FN3S/c15-11-4-2-1-3-9(11)8-17-14-18-12-6-5-10(16)7-13(12)19-14/h1-7H,8,16H2,(H,17,18). The fourth-order valence-electron chi connectivity index (χ4n) is 1.83. The van der Waals surface area contributed by atoms with Crippen molar-refractivity contribution < 1.29 is 4.39 Å². The smallest absolute Gasteiger partial charge is 0.184 e. The van der Waals surface area contributed by atoms with Crippen molar-refractivity contribution in [3.63, 3.8) is 0 Å². The van der Waals surface area contributed by atoms with Crippen LogP contribution in [0.5, 0.6) is 0 Å². The number of halogens is 1. The Bertz CT molecular complexity index is 724. The normalized spacial score (nSPS) is 10.8. The lowest BCUT2D eigenvalue weighted by Crippen LogP contribution is -2.00. The summed E-state index contributed by atoms with van der Waals surface area (Å²) in [5.41, 5.74) is 7.97. The summed E-state index contributed by atoms with van der Waals surface area (Å²) in [6, 6.07) is 12.3. The van der Waals surface area contributed by atoms with Gasteiger partial charge < -0.3 is 11.1 Å². The molecule has 3 N–H and O–H groups in total. The van der Waals surface area contributed by atoms with E-state index in [9.17, 15) is 4.39 Å². The SMILES string of the molecule is Nc1ccc2nc(NCc3ccccc3F)sc2c1. The Balaban J connectivity index is 1.80. The second kappa shape index (κ2) is 4.85. The zero-order valence-corrected chi connectivity index (χ0v) is 10.9. The molecule has 0 bridgehead atoms. The highest BCUT2D eigenvalue weighted by atomic mass is 32.1. The highest BCUT2D eigenvalue weighted by Crippen LogP contribution is 2.27. The highest BCUT2D eigenvalue weighted by Gasteiger charge is 2.05. The molecule has 1 heterocycles. The summed E-state index contributed by atoms with van der Waals surface area (Å²) < 4.78 is 14.5. The van der Waals surface area contributed by atoms with E-state index in [1.54, 1.807) is 12.1 Å². The number of nitrogens with two attached hydrogens (primary N) is 1. The number of rotatable bonds is 3. The number of hydrogen-bond acceptors (Lipinski definition) is 4. The molecule has 0 aliphatic rings.